The highest BCUT2D eigenvalue weighted by Crippen LogP contribution is 2.25. The van der Waals surface area contributed by atoms with Gasteiger partial charge < -0.3 is 10.5 Å². The van der Waals surface area contributed by atoms with Crippen LogP contribution in [0.4, 0.5) is 0 Å². The molecule has 0 fully saturated rings. The van der Waals surface area contributed by atoms with Crippen LogP contribution < -0.4 is 5.73 Å². The summed E-state index contributed by atoms with van der Waals surface area (Å²) >= 11 is 3.41. The average molecular weight is 286 g/mol. The molecular weight excluding hydrogens is 270 g/mol. The molecule has 0 aliphatic carbocycles. The van der Waals surface area contributed by atoms with E-state index in [1.807, 2.05) is 31.2 Å². The maximum absolute atomic E-state index is 11.4. The fourth-order valence-corrected chi connectivity index (χ4v) is 2.15. The molecule has 0 spiro atoms. The number of rotatable bonds is 4. The summed E-state index contributed by atoms with van der Waals surface area (Å²) in [6, 6.07) is 7.23. The molecule has 88 valence electrons. The first-order chi connectivity index (χ1) is 7.60. The highest BCUT2D eigenvalue weighted by atomic mass is 79.9. The summed E-state index contributed by atoms with van der Waals surface area (Å²) in [6.45, 7) is 2.01. The zero-order chi connectivity index (χ0) is 12.1. The van der Waals surface area contributed by atoms with Crippen LogP contribution in [0.2, 0.25) is 0 Å². The molecule has 0 aliphatic heterocycles. The van der Waals surface area contributed by atoms with Crippen LogP contribution in [0.5, 0.6) is 0 Å². The van der Waals surface area contributed by atoms with Gasteiger partial charge in [0.1, 0.15) is 6.04 Å². The first kappa shape index (κ1) is 13.2. The van der Waals surface area contributed by atoms with E-state index >= 15 is 0 Å². The first-order valence-electron chi connectivity index (χ1n) is 5.19. The van der Waals surface area contributed by atoms with E-state index in [1.165, 1.54) is 7.11 Å². The number of esters is 1. The molecule has 0 saturated heterocycles. The van der Waals surface area contributed by atoms with Gasteiger partial charge in [0.25, 0.3) is 0 Å². The molecule has 2 unspecified atom stereocenters. The van der Waals surface area contributed by atoms with E-state index in [4.69, 9.17) is 5.73 Å². The van der Waals surface area contributed by atoms with Gasteiger partial charge in [-0.05, 0) is 24.1 Å². The van der Waals surface area contributed by atoms with Crippen molar-refractivity contribution in [3.8, 4) is 0 Å². The molecule has 1 aromatic rings. The van der Waals surface area contributed by atoms with Crippen LogP contribution in [-0.2, 0) is 9.53 Å². The molecule has 1 rings (SSSR count). The van der Waals surface area contributed by atoms with Gasteiger partial charge in [0.15, 0.2) is 0 Å². The molecule has 0 aromatic heterocycles. The van der Waals surface area contributed by atoms with Gasteiger partial charge in [0.2, 0.25) is 0 Å². The van der Waals surface area contributed by atoms with Crippen molar-refractivity contribution in [2.24, 2.45) is 5.73 Å². The SMILES string of the molecule is CCC(c1cccc(Br)c1)C(N)C(=O)OC. The van der Waals surface area contributed by atoms with E-state index in [-0.39, 0.29) is 11.9 Å². The van der Waals surface area contributed by atoms with Gasteiger partial charge >= 0.3 is 5.97 Å². The molecule has 0 amide bonds. The molecule has 1 aromatic carbocycles. The fraction of sp³-hybridized carbons (Fsp3) is 0.417. The molecule has 3 nitrogen and oxygen atoms in total. The Balaban J connectivity index is 2.94. The molecule has 0 radical (unpaired) electrons. The number of hydrogen-bond acceptors (Lipinski definition) is 3. The molecule has 4 heteroatoms. The van der Waals surface area contributed by atoms with Crippen molar-refractivity contribution in [3.05, 3.63) is 34.3 Å². The van der Waals surface area contributed by atoms with Gasteiger partial charge in [-0.25, -0.2) is 0 Å². The van der Waals surface area contributed by atoms with Crippen LogP contribution in [0.25, 0.3) is 0 Å². The van der Waals surface area contributed by atoms with Gasteiger partial charge in [-0.2, -0.15) is 0 Å². The number of methoxy groups -OCH3 is 1. The van der Waals surface area contributed by atoms with Crippen LogP contribution >= 0.6 is 15.9 Å². The zero-order valence-corrected chi connectivity index (χ0v) is 11.0. The Hall–Kier alpha value is -0.870. The minimum Gasteiger partial charge on any atom is -0.468 e. The van der Waals surface area contributed by atoms with Gasteiger partial charge in [-0.15, -0.1) is 0 Å². The number of halogens is 1. The molecule has 0 aliphatic rings. The van der Waals surface area contributed by atoms with Crippen molar-refractivity contribution in [3.63, 3.8) is 0 Å². The quantitative estimate of drug-likeness (QED) is 0.865. The van der Waals surface area contributed by atoms with Crippen molar-refractivity contribution in [2.75, 3.05) is 7.11 Å². The van der Waals surface area contributed by atoms with Crippen molar-refractivity contribution in [2.45, 2.75) is 25.3 Å². The standard InChI is InChI=1S/C12H16BrNO2/c1-3-10(11(14)12(15)16-2)8-5-4-6-9(13)7-8/h4-7,10-11H,3,14H2,1-2H3. The van der Waals surface area contributed by atoms with Crippen LogP contribution in [0.1, 0.15) is 24.8 Å². The molecule has 0 saturated carbocycles. The van der Waals surface area contributed by atoms with Crippen LogP contribution in [0.15, 0.2) is 28.7 Å². The summed E-state index contributed by atoms with van der Waals surface area (Å²) in [4.78, 5) is 11.4. The van der Waals surface area contributed by atoms with E-state index in [2.05, 4.69) is 20.7 Å². The van der Waals surface area contributed by atoms with Gasteiger partial charge in [0, 0.05) is 10.4 Å². The number of hydrogen-bond donors (Lipinski definition) is 1. The number of carbonyl (C=O) groups excluding carboxylic acids is 1. The lowest BCUT2D eigenvalue weighted by molar-refractivity contribution is -0.142. The summed E-state index contributed by atoms with van der Waals surface area (Å²) in [7, 11) is 1.36. The molecule has 2 N–H and O–H groups in total. The maximum Gasteiger partial charge on any atom is 0.323 e. The third kappa shape index (κ3) is 3.06. The third-order valence-corrected chi connectivity index (χ3v) is 3.12. The lowest BCUT2D eigenvalue weighted by atomic mass is 9.90. The molecule has 0 heterocycles. The average Bonchev–Trinajstić information content (AvgIpc) is 2.29. The summed E-state index contributed by atoms with van der Waals surface area (Å²) in [5, 5.41) is 0. The maximum atomic E-state index is 11.4. The Kier molecular flexibility index (Phi) is 4.96. The van der Waals surface area contributed by atoms with Gasteiger partial charge in [-0.1, -0.05) is 35.0 Å². The highest BCUT2D eigenvalue weighted by molar-refractivity contribution is 9.10. The molecule has 2 atom stereocenters. The van der Waals surface area contributed by atoms with Crippen molar-refractivity contribution in [1.29, 1.82) is 0 Å². The number of carbonyl (C=O) groups is 1. The lowest BCUT2D eigenvalue weighted by Crippen LogP contribution is -2.37. The Morgan fingerprint density at radius 3 is 2.75 bits per heavy atom. The monoisotopic (exact) mass is 285 g/mol. The topological polar surface area (TPSA) is 52.3 Å². The summed E-state index contributed by atoms with van der Waals surface area (Å²) in [5.74, 6) is -0.378. The van der Waals surface area contributed by atoms with Gasteiger partial charge in [-0.3, -0.25) is 4.79 Å². The first-order valence-corrected chi connectivity index (χ1v) is 5.98. The molecule has 0 bridgehead atoms. The van der Waals surface area contributed by atoms with Crippen LogP contribution in [0, 0.1) is 0 Å². The predicted octanol–water partition coefficient (Wildman–Crippen LogP) is 2.44. The second kappa shape index (κ2) is 6.01. The summed E-state index contributed by atoms with van der Waals surface area (Å²) in [6.07, 6.45) is 0.798. The molecular formula is C12H16BrNO2. The fourth-order valence-electron chi connectivity index (χ4n) is 1.73. The number of benzene rings is 1. The van der Waals surface area contributed by atoms with Crippen LogP contribution in [0.3, 0.4) is 0 Å². The van der Waals surface area contributed by atoms with E-state index in [1.54, 1.807) is 0 Å². The highest BCUT2D eigenvalue weighted by Gasteiger charge is 2.25. The minimum atomic E-state index is -0.607. The van der Waals surface area contributed by atoms with Gasteiger partial charge in [0.05, 0.1) is 7.11 Å². The Bertz CT molecular complexity index is 368. The van der Waals surface area contributed by atoms with E-state index < -0.39 is 6.04 Å². The molecule has 16 heavy (non-hydrogen) atoms. The predicted molar refractivity (Wildman–Crippen MR) is 67.2 cm³/mol. The van der Waals surface area contributed by atoms with Crippen molar-refractivity contribution >= 4 is 21.9 Å². The second-order valence-electron chi connectivity index (χ2n) is 3.62. The number of nitrogens with two attached hydrogens (primary N) is 1. The number of ether oxygens (including phenoxy) is 1. The smallest absolute Gasteiger partial charge is 0.323 e. The third-order valence-electron chi connectivity index (χ3n) is 2.62. The Morgan fingerprint density at radius 2 is 2.25 bits per heavy atom. The minimum absolute atomic E-state index is 0.00931. The second-order valence-corrected chi connectivity index (χ2v) is 4.53. The summed E-state index contributed by atoms with van der Waals surface area (Å²) in [5.41, 5.74) is 6.93. The normalized spacial score (nSPS) is 14.2. The zero-order valence-electron chi connectivity index (χ0n) is 9.44. The lowest BCUT2D eigenvalue weighted by Gasteiger charge is -2.21. The Labute approximate surface area is 104 Å². The van der Waals surface area contributed by atoms with E-state index in [9.17, 15) is 4.79 Å². The van der Waals surface area contributed by atoms with Crippen molar-refractivity contribution in [1.82, 2.24) is 0 Å². The van der Waals surface area contributed by atoms with E-state index in [0.29, 0.717) is 0 Å². The largest absolute Gasteiger partial charge is 0.468 e. The Morgan fingerprint density at radius 1 is 1.56 bits per heavy atom. The summed E-state index contributed by atoms with van der Waals surface area (Å²) < 4.78 is 5.66. The van der Waals surface area contributed by atoms with Crippen molar-refractivity contribution < 1.29 is 9.53 Å². The van der Waals surface area contributed by atoms with Crippen LogP contribution in [-0.4, -0.2) is 19.1 Å². The van der Waals surface area contributed by atoms with E-state index in [0.717, 1.165) is 16.5 Å².